The minimum absolute atomic E-state index is 0.00313. The van der Waals surface area contributed by atoms with Crippen molar-refractivity contribution in [2.75, 3.05) is 26.2 Å². The quantitative estimate of drug-likeness (QED) is 0.715. The first-order valence-electron chi connectivity index (χ1n) is 5.87. The summed E-state index contributed by atoms with van der Waals surface area (Å²) in [6.45, 7) is 7.17. The summed E-state index contributed by atoms with van der Waals surface area (Å²) in [6.07, 6.45) is 1.69. The van der Waals surface area contributed by atoms with Crippen LogP contribution in [0.3, 0.4) is 0 Å². The number of benzene rings is 1. The molecule has 0 radical (unpaired) electrons. The summed E-state index contributed by atoms with van der Waals surface area (Å²) < 4.78 is 5.63. The number of rotatable bonds is 8. The number of aliphatic carboxylic acids is 1. The summed E-state index contributed by atoms with van der Waals surface area (Å²) in [5, 5.41) is 8.75. The Morgan fingerprint density at radius 1 is 1.50 bits per heavy atom. The summed E-state index contributed by atoms with van der Waals surface area (Å²) >= 11 is 0. The van der Waals surface area contributed by atoms with Gasteiger partial charge in [0, 0.05) is 13.1 Å². The lowest BCUT2D eigenvalue weighted by Crippen LogP contribution is -2.33. The molecule has 0 bridgehead atoms. The van der Waals surface area contributed by atoms with E-state index >= 15 is 0 Å². The van der Waals surface area contributed by atoms with Crippen molar-refractivity contribution in [1.29, 1.82) is 0 Å². The molecule has 98 valence electrons. The topological polar surface area (TPSA) is 49.8 Å². The zero-order chi connectivity index (χ0) is 13.4. The van der Waals surface area contributed by atoms with E-state index in [9.17, 15) is 4.79 Å². The lowest BCUT2D eigenvalue weighted by molar-refractivity contribution is -0.138. The molecule has 1 aromatic carbocycles. The summed E-state index contributed by atoms with van der Waals surface area (Å²) in [4.78, 5) is 12.4. The zero-order valence-corrected chi connectivity index (χ0v) is 10.6. The molecule has 1 N–H and O–H groups in total. The van der Waals surface area contributed by atoms with Gasteiger partial charge in [0.25, 0.3) is 0 Å². The maximum atomic E-state index is 10.7. The summed E-state index contributed by atoms with van der Waals surface area (Å²) in [7, 11) is 0. The Hall–Kier alpha value is -1.81. The fraction of sp³-hybridized carbons (Fsp3) is 0.357. The summed E-state index contributed by atoms with van der Waals surface area (Å²) in [6, 6.07) is 7.76. The van der Waals surface area contributed by atoms with Crippen LogP contribution in [-0.2, 0) is 4.79 Å². The Morgan fingerprint density at radius 3 is 2.83 bits per heavy atom. The summed E-state index contributed by atoms with van der Waals surface area (Å²) in [5.41, 5.74) is 1.08. The smallest absolute Gasteiger partial charge is 0.317 e. The van der Waals surface area contributed by atoms with Crippen LogP contribution in [0.5, 0.6) is 5.75 Å². The number of nitrogens with zero attached hydrogens (tertiary/aromatic N) is 1. The van der Waals surface area contributed by atoms with Crippen LogP contribution in [0.4, 0.5) is 0 Å². The molecule has 0 aliphatic carbocycles. The van der Waals surface area contributed by atoms with Crippen LogP contribution in [0, 0.1) is 6.92 Å². The van der Waals surface area contributed by atoms with Gasteiger partial charge in [0.2, 0.25) is 0 Å². The monoisotopic (exact) mass is 249 g/mol. The molecule has 4 nitrogen and oxygen atoms in total. The Balaban J connectivity index is 2.41. The molecular formula is C14H19NO3. The van der Waals surface area contributed by atoms with Crippen LogP contribution in [0.2, 0.25) is 0 Å². The van der Waals surface area contributed by atoms with Crippen molar-refractivity contribution in [3.05, 3.63) is 42.5 Å². The predicted octanol–water partition coefficient (Wildman–Crippen LogP) is 1.95. The van der Waals surface area contributed by atoms with Gasteiger partial charge >= 0.3 is 5.97 Å². The third-order valence-corrected chi connectivity index (χ3v) is 2.50. The van der Waals surface area contributed by atoms with Gasteiger partial charge < -0.3 is 9.84 Å². The first-order chi connectivity index (χ1) is 8.63. The second kappa shape index (κ2) is 7.50. The number of carbonyl (C=O) groups is 1. The van der Waals surface area contributed by atoms with Crippen molar-refractivity contribution in [1.82, 2.24) is 4.90 Å². The van der Waals surface area contributed by atoms with E-state index in [2.05, 4.69) is 6.58 Å². The fourth-order valence-corrected chi connectivity index (χ4v) is 1.61. The zero-order valence-electron chi connectivity index (χ0n) is 10.6. The molecule has 0 saturated heterocycles. The fourth-order valence-electron chi connectivity index (χ4n) is 1.61. The van der Waals surface area contributed by atoms with E-state index < -0.39 is 5.97 Å². The summed E-state index contributed by atoms with van der Waals surface area (Å²) in [5.74, 6) is -0.000815. The van der Waals surface area contributed by atoms with Gasteiger partial charge in [-0.3, -0.25) is 9.69 Å². The van der Waals surface area contributed by atoms with Crippen LogP contribution in [0.25, 0.3) is 0 Å². The molecule has 0 unspecified atom stereocenters. The van der Waals surface area contributed by atoms with Gasteiger partial charge in [-0.05, 0) is 18.6 Å². The van der Waals surface area contributed by atoms with Crippen LogP contribution in [0.1, 0.15) is 5.56 Å². The Morgan fingerprint density at radius 2 is 2.22 bits per heavy atom. The van der Waals surface area contributed by atoms with Crippen molar-refractivity contribution in [3.8, 4) is 5.75 Å². The van der Waals surface area contributed by atoms with E-state index in [1.165, 1.54) is 0 Å². The van der Waals surface area contributed by atoms with Crippen molar-refractivity contribution in [2.24, 2.45) is 0 Å². The van der Waals surface area contributed by atoms with Gasteiger partial charge in [-0.15, -0.1) is 6.58 Å². The Kier molecular flexibility index (Phi) is 5.94. The van der Waals surface area contributed by atoms with Crippen molar-refractivity contribution < 1.29 is 14.6 Å². The molecule has 0 aromatic heterocycles. The van der Waals surface area contributed by atoms with E-state index in [0.29, 0.717) is 19.7 Å². The Bertz CT molecular complexity index is 404. The number of ether oxygens (including phenoxy) is 1. The van der Waals surface area contributed by atoms with E-state index in [-0.39, 0.29) is 6.54 Å². The molecule has 0 spiro atoms. The normalized spacial score (nSPS) is 10.3. The largest absolute Gasteiger partial charge is 0.492 e. The second-order valence-electron chi connectivity index (χ2n) is 4.03. The van der Waals surface area contributed by atoms with E-state index in [1.54, 1.807) is 11.0 Å². The van der Waals surface area contributed by atoms with Gasteiger partial charge in [-0.2, -0.15) is 0 Å². The molecule has 18 heavy (non-hydrogen) atoms. The molecule has 0 heterocycles. The molecule has 0 fully saturated rings. The minimum atomic E-state index is -0.840. The Labute approximate surface area is 107 Å². The van der Waals surface area contributed by atoms with Gasteiger partial charge in [-0.1, -0.05) is 24.3 Å². The highest BCUT2D eigenvalue weighted by Gasteiger charge is 2.08. The first-order valence-corrected chi connectivity index (χ1v) is 5.87. The maximum Gasteiger partial charge on any atom is 0.317 e. The highest BCUT2D eigenvalue weighted by Crippen LogP contribution is 2.15. The van der Waals surface area contributed by atoms with Crippen LogP contribution in [-0.4, -0.2) is 42.2 Å². The second-order valence-corrected chi connectivity index (χ2v) is 4.03. The van der Waals surface area contributed by atoms with Crippen molar-refractivity contribution in [2.45, 2.75) is 6.92 Å². The molecule has 1 rings (SSSR count). The average Bonchev–Trinajstić information content (AvgIpc) is 2.31. The van der Waals surface area contributed by atoms with Gasteiger partial charge in [0.1, 0.15) is 12.4 Å². The number of aryl methyl sites for hydroxylation is 1. The number of hydrogen-bond acceptors (Lipinski definition) is 3. The van der Waals surface area contributed by atoms with E-state index in [1.807, 2.05) is 31.2 Å². The lowest BCUT2D eigenvalue weighted by Gasteiger charge is -2.18. The van der Waals surface area contributed by atoms with Crippen molar-refractivity contribution >= 4 is 5.97 Å². The number of para-hydroxylation sites is 1. The highest BCUT2D eigenvalue weighted by atomic mass is 16.5. The van der Waals surface area contributed by atoms with Crippen LogP contribution < -0.4 is 4.74 Å². The molecule has 0 atom stereocenters. The highest BCUT2D eigenvalue weighted by molar-refractivity contribution is 5.69. The molecule has 0 saturated carbocycles. The van der Waals surface area contributed by atoms with Gasteiger partial charge in [0.05, 0.1) is 6.54 Å². The first kappa shape index (κ1) is 14.3. The van der Waals surface area contributed by atoms with E-state index in [0.717, 1.165) is 11.3 Å². The molecule has 0 amide bonds. The van der Waals surface area contributed by atoms with Crippen molar-refractivity contribution in [3.63, 3.8) is 0 Å². The molecule has 1 aromatic rings. The minimum Gasteiger partial charge on any atom is -0.492 e. The van der Waals surface area contributed by atoms with Gasteiger partial charge in [-0.25, -0.2) is 0 Å². The lowest BCUT2D eigenvalue weighted by atomic mass is 10.2. The molecular weight excluding hydrogens is 230 g/mol. The number of carboxylic acid groups (broad SMARTS) is 1. The predicted molar refractivity (Wildman–Crippen MR) is 70.9 cm³/mol. The molecule has 4 heteroatoms. The SMILES string of the molecule is C=CCN(CCOc1ccccc1C)CC(=O)O. The van der Waals surface area contributed by atoms with Gasteiger partial charge in [0.15, 0.2) is 0 Å². The maximum absolute atomic E-state index is 10.7. The van der Waals surface area contributed by atoms with E-state index in [4.69, 9.17) is 9.84 Å². The third-order valence-electron chi connectivity index (χ3n) is 2.50. The molecule has 0 aliphatic rings. The number of carboxylic acids is 1. The number of hydrogen-bond donors (Lipinski definition) is 1. The average molecular weight is 249 g/mol. The third kappa shape index (κ3) is 5.01. The molecule has 0 aliphatic heterocycles. The van der Waals surface area contributed by atoms with Crippen LogP contribution in [0.15, 0.2) is 36.9 Å². The van der Waals surface area contributed by atoms with Crippen LogP contribution >= 0.6 is 0 Å². The standard InChI is InChI=1S/C14H19NO3/c1-3-8-15(11-14(16)17)9-10-18-13-7-5-4-6-12(13)2/h3-7H,1,8-11H2,2H3,(H,16,17).